The lowest BCUT2D eigenvalue weighted by Crippen LogP contribution is -2.36. The number of halogens is 1. The number of benzene rings is 2. The Bertz CT molecular complexity index is 893. The Balaban J connectivity index is 1.39. The van der Waals surface area contributed by atoms with Crippen LogP contribution in [0.15, 0.2) is 48.5 Å². The molecule has 1 aromatic heterocycles. The molecule has 3 aromatic rings. The molecule has 1 aliphatic heterocycles. The van der Waals surface area contributed by atoms with E-state index in [-0.39, 0.29) is 11.9 Å². The maximum Gasteiger partial charge on any atom is 0.234 e. The first-order chi connectivity index (χ1) is 12.7. The van der Waals surface area contributed by atoms with E-state index in [9.17, 15) is 4.79 Å². The third-order valence-corrected chi connectivity index (χ3v) is 6.06. The molecule has 2 aromatic carbocycles. The summed E-state index contributed by atoms with van der Waals surface area (Å²) in [5.41, 5.74) is 2.06. The van der Waals surface area contributed by atoms with Crippen LogP contribution in [0.1, 0.15) is 29.5 Å². The smallest absolute Gasteiger partial charge is 0.234 e. The number of nitrogens with one attached hydrogen (secondary N) is 1. The summed E-state index contributed by atoms with van der Waals surface area (Å²) in [7, 11) is 0. The molecule has 4 rings (SSSR count). The fraction of sp³-hybridized carbons (Fsp3) is 0.300. The predicted molar refractivity (Wildman–Crippen MR) is 106 cm³/mol. The van der Waals surface area contributed by atoms with E-state index < -0.39 is 0 Å². The van der Waals surface area contributed by atoms with E-state index in [0.29, 0.717) is 18.1 Å². The minimum Gasteiger partial charge on any atom is -0.351 e. The normalized spacial score (nSPS) is 17.7. The number of carbonyl (C=O) groups is 1. The number of para-hydroxylation sites is 1. The monoisotopic (exact) mass is 385 g/mol. The van der Waals surface area contributed by atoms with Gasteiger partial charge in [-0.1, -0.05) is 35.9 Å². The number of thiazole rings is 1. The van der Waals surface area contributed by atoms with Gasteiger partial charge in [-0.15, -0.1) is 11.3 Å². The summed E-state index contributed by atoms with van der Waals surface area (Å²) in [5.74, 6) is 0.0398. The van der Waals surface area contributed by atoms with Crippen molar-refractivity contribution in [3.63, 3.8) is 0 Å². The molecule has 0 aliphatic carbocycles. The number of hydrogen-bond acceptors (Lipinski definition) is 4. The lowest BCUT2D eigenvalue weighted by Gasteiger charge is -2.22. The fourth-order valence-corrected chi connectivity index (χ4v) is 4.77. The van der Waals surface area contributed by atoms with Crippen LogP contribution in [0.4, 0.5) is 0 Å². The van der Waals surface area contributed by atoms with E-state index in [1.807, 2.05) is 42.5 Å². The van der Waals surface area contributed by atoms with Gasteiger partial charge < -0.3 is 5.32 Å². The Hall–Kier alpha value is -1.95. The van der Waals surface area contributed by atoms with Crippen molar-refractivity contribution < 1.29 is 4.79 Å². The van der Waals surface area contributed by atoms with Crippen molar-refractivity contribution in [3.8, 4) is 0 Å². The van der Waals surface area contributed by atoms with Gasteiger partial charge in [-0.2, -0.15) is 0 Å². The highest BCUT2D eigenvalue weighted by atomic mass is 35.5. The maximum atomic E-state index is 12.4. The van der Waals surface area contributed by atoms with Crippen molar-refractivity contribution >= 4 is 39.1 Å². The Morgan fingerprint density at radius 1 is 1.27 bits per heavy atom. The molecule has 0 saturated carbocycles. The van der Waals surface area contributed by atoms with Crippen molar-refractivity contribution in [2.24, 2.45) is 0 Å². The molecular weight excluding hydrogens is 366 g/mol. The molecule has 1 amide bonds. The topological polar surface area (TPSA) is 45.2 Å². The van der Waals surface area contributed by atoms with Crippen molar-refractivity contribution in [1.29, 1.82) is 0 Å². The number of rotatable bonds is 5. The van der Waals surface area contributed by atoms with Crippen LogP contribution in [-0.4, -0.2) is 28.9 Å². The minimum absolute atomic E-state index is 0.0398. The van der Waals surface area contributed by atoms with Crippen molar-refractivity contribution in [1.82, 2.24) is 15.2 Å². The first-order valence-electron chi connectivity index (χ1n) is 8.80. The van der Waals surface area contributed by atoms with Gasteiger partial charge in [-0.25, -0.2) is 4.98 Å². The van der Waals surface area contributed by atoms with Gasteiger partial charge >= 0.3 is 0 Å². The third kappa shape index (κ3) is 3.90. The summed E-state index contributed by atoms with van der Waals surface area (Å²) in [6.45, 7) is 1.84. The molecular formula is C20H20ClN3OS. The number of likely N-dealkylation sites (tertiary alicyclic amines) is 1. The molecule has 1 atom stereocenters. The minimum atomic E-state index is 0.0398. The van der Waals surface area contributed by atoms with Gasteiger partial charge in [-0.3, -0.25) is 9.69 Å². The third-order valence-electron chi connectivity index (χ3n) is 4.68. The van der Waals surface area contributed by atoms with Gasteiger partial charge in [0.1, 0.15) is 5.01 Å². The van der Waals surface area contributed by atoms with E-state index in [4.69, 9.17) is 16.6 Å². The van der Waals surface area contributed by atoms with E-state index in [2.05, 4.69) is 16.3 Å². The van der Waals surface area contributed by atoms with Crippen molar-refractivity contribution in [2.75, 3.05) is 13.1 Å². The first-order valence-corrected chi connectivity index (χ1v) is 9.99. The molecule has 26 heavy (non-hydrogen) atoms. The quantitative estimate of drug-likeness (QED) is 0.707. The molecule has 1 N–H and O–H groups in total. The van der Waals surface area contributed by atoms with Crippen LogP contribution in [0, 0.1) is 0 Å². The highest BCUT2D eigenvalue weighted by Crippen LogP contribution is 2.36. The molecule has 0 spiro atoms. The summed E-state index contributed by atoms with van der Waals surface area (Å²) in [6.07, 6.45) is 2.16. The second kappa shape index (κ2) is 7.74. The van der Waals surface area contributed by atoms with E-state index in [1.165, 1.54) is 4.70 Å². The Morgan fingerprint density at radius 2 is 2.15 bits per heavy atom. The average molecular weight is 386 g/mol. The summed E-state index contributed by atoms with van der Waals surface area (Å²) >= 11 is 7.73. The Kier molecular flexibility index (Phi) is 5.20. The maximum absolute atomic E-state index is 12.4. The van der Waals surface area contributed by atoms with Crippen LogP contribution in [0.5, 0.6) is 0 Å². The fourth-order valence-electron chi connectivity index (χ4n) is 3.42. The Morgan fingerprint density at radius 3 is 3.00 bits per heavy atom. The zero-order valence-electron chi connectivity index (χ0n) is 14.3. The van der Waals surface area contributed by atoms with Crippen molar-refractivity contribution in [3.05, 3.63) is 64.1 Å². The van der Waals surface area contributed by atoms with Crippen molar-refractivity contribution in [2.45, 2.75) is 25.4 Å². The molecule has 0 bridgehead atoms. The van der Waals surface area contributed by atoms with Crippen LogP contribution < -0.4 is 5.32 Å². The molecule has 0 radical (unpaired) electrons. The summed E-state index contributed by atoms with van der Waals surface area (Å²) in [4.78, 5) is 19.4. The largest absolute Gasteiger partial charge is 0.351 e. The molecule has 1 unspecified atom stereocenters. The second-order valence-electron chi connectivity index (χ2n) is 6.55. The average Bonchev–Trinajstić information content (AvgIpc) is 3.26. The van der Waals surface area contributed by atoms with E-state index in [1.54, 1.807) is 11.3 Å². The molecule has 2 heterocycles. The number of nitrogens with zero attached hydrogens (tertiary/aromatic N) is 2. The Labute approximate surface area is 161 Å². The highest BCUT2D eigenvalue weighted by Gasteiger charge is 2.29. The van der Waals surface area contributed by atoms with Crippen LogP contribution in [0.25, 0.3) is 10.2 Å². The van der Waals surface area contributed by atoms with Gasteiger partial charge in [0.15, 0.2) is 0 Å². The zero-order valence-corrected chi connectivity index (χ0v) is 15.9. The van der Waals surface area contributed by atoms with Gasteiger partial charge in [0.2, 0.25) is 5.91 Å². The van der Waals surface area contributed by atoms with Crippen LogP contribution in [0.3, 0.4) is 0 Å². The molecule has 1 aliphatic rings. The molecule has 1 fully saturated rings. The van der Waals surface area contributed by atoms with Gasteiger partial charge in [0, 0.05) is 11.6 Å². The molecule has 6 heteroatoms. The number of carbonyl (C=O) groups excluding carboxylic acids is 1. The van der Waals surface area contributed by atoms with Crippen LogP contribution >= 0.6 is 22.9 Å². The number of fused-ring (bicyclic) bond motifs is 1. The van der Waals surface area contributed by atoms with E-state index in [0.717, 1.165) is 35.5 Å². The van der Waals surface area contributed by atoms with Crippen LogP contribution in [-0.2, 0) is 11.3 Å². The lowest BCUT2D eigenvalue weighted by atomic mass is 10.2. The predicted octanol–water partition coefficient (Wildman–Crippen LogP) is 4.40. The highest BCUT2D eigenvalue weighted by molar-refractivity contribution is 7.18. The van der Waals surface area contributed by atoms with Gasteiger partial charge in [0.05, 0.1) is 22.8 Å². The standard InChI is InChI=1S/C20H20ClN3OS/c21-15-6-3-5-14(11-15)12-22-19(25)13-24-10-4-8-17(24)20-23-16-7-1-2-9-18(16)26-20/h1-3,5-7,9,11,17H,4,8,10,12-13H2,(H,22,25). The molecule has 134 valence electrons. The molecule has 4 nitrogen and oxygen atoms in total. The lowest BCUT2D eigenvalue weighted by molar-refractivity contribution is -0.122. The number of hydrogen-bond donors (Lipinski definition) is 1. The number of aromatic nitrogens is 1. The van der Waals surface area contributed by atoms with Gasteiger partial charge in [-0.05, 0) is 49.2 Å². The second-order valence-corrected chi connectivity index (χ2v) is 8.05. The first kappa shape index (κ1) is 17.5. The molecule has 1 saturated heterocycles. The summed E-state index contributed by atoms with van der Waals surface area (Å²) in [6, 6.07) is 16.0. The van der Waals surface area contributed by atoms with Crippen LogP contribution in [0.2, 0.25) is 5.02 Å². The summed E-state index contributed by atoms with van der Waals surface area (Å²) in [5, 5.41) is 4.80. The zero-order chi connectivity index (χ0) is 17.9. The number of amides is 1. The summed E-state index contributed by atoms with van der Waals surface area (Å²) < 4.78 is 1.21. The van der Waals surface area contributed by atoms with E-state index >= 15 is 0 Å². The SMILES string of the molecule is O=C(CN1CCCC1c1nc2ccccc2s1)NCc1cccc(Cl)c1. The van der Waals surface area contributed by atoms with Gasteiger partial charge in [0.25, 0.3) is 0 Å².